The van der Waals surface area contributed by atoms with Crippen molar-refractivity contribution in [1.29, 1.82) is 0 Å². The van der Waals surface area contributed by atoms with E-state index in [1.54, 1.807) is 36.7 Å². The average molecular weight is 484 g/mol. The van der Waals surface area contributed by atoms with Crippen LogP contribution in [0.1, 0.15) is 21.8 Å². The molecular formula is C23H13Cl3N4O2. The van der Waals surface area contributed by atoms with Crippen molar-refractivity contribution >= 4 is 51.5 Å². The van der Waals surface area contributed by atoms with Gasteiger partial charge in [-0.15, -0.1) is 0 Å². The first kappa shape index (κ1) is 20.7. The Morgan fingerprint density at radius 3 is 2.56 bits per heavy atom. The van der Waals surface area contributed by atoms with Crippen LogP contribution in [0.4, 0.5) is 0 Å². The lowest BCUT2D eigenvalue weighted by Gasteiger charge is -2.09. The summed E-state index contributed by atoms with van der Waals surface area (Å²) >= 11 is 19.1. The van der Waals surface area contributed by atoms with E-state index in [1.165, 1.54) is 0 Å². The van der Waals surface area contributed by atoms with Gasteiger partial charge in [0.05, 0.1) is 17.6 Å². The maximum absolute atomic E-state index is 13.4. The van der Waals surface area contributed by atoms with Crippen LogP contribution in [0, 0.1) is 0 Å². The smallest absolute Gasteiger partial charge is 0.299 e. The highest BCUT2D eigenvalue weighted by Gasteiger charge is 2.27. The Morgan fingerprint density at radius 2 is 1.78 bits per heavy atom. The third-order valence-corrected chi connectivity index (χ3v) is 6.02. The first-order chi connectivity index (χ1) is 15.5. The van der Waals surface area contributed by atoms with Gasteiger partial charge in [0.25, 0.3) is 11.7 Å². The van der Waals surface area contributed by atoms with Crippen molar-refractivity contribution in [2.24, 2.45) is 0 Å². The molecule has 5 rings (SSSR count). The van der Waals surface area contributed by atoms with Gasteiger partial charge in [-0.3, -0.25) is 9.78 Å². The fourth-order valence-electron chi connectivity index (χ4n) is 3.50. The molecule has 5 aromatic rings. The standard InChI is InChI=1S/C23H13Cl3N4O2/c24-15-6-5-14(17(25)11-15)12-30-18-4-2-1-3-16(18)19(21(30)26)20(31)23-28-22(29-32-23)13-7-9-27-10-8-13/h1-11H,12H2. The van der Waals surface area contributed by atoms with Crippen LogP contribution < -0.4 is 0 Å². The number of halogens is 3. The quantitative estimate of drug-likeness (QED) is 0.273. The number of benzene rings is 2. The number of para-hydroxylation sites is 1. The van der Waals surface area contributed by atoms with Crippen molar-refractivity contribution in [2.75, 3.05) is 0 Å². The molecule has 0 saturated heterocycles. The Morgan fingerprint density at radius 1 is 1.00 bits per heavy atom. The Hall–Kier alpha value is -3.19. The van der Waals surface area contributed by atoms with Gasteiger partial charge in [-0.25, -0.2) is 0 Å². The highest BCUT2D eigenvalue weighted by atomic mass is 35.5. The van der Waals surface area contributed by atoms with E-state index < -0.39 is 5.78 Å². The van der Waals surface area contributed by atoms with Crippen molar-refractivity contribution in [3.8, 4) is 11.4 Å². The second-order valence-electron chi connectivity index (χ2n) is 6.99. The Labute approximate surface area is 197 Å². The van der Waals surface area contributed by atoms with Gasteiger partial charge in [0.2, 0.25) is 5.82 Å². The maximum atomic E-state index is 13.4. The molecule has 0 saturated carbocycles. The summed E-state index contributed by atoms with van der Waals surface area (Å²) in [7, 11) is 0. The molecule has 0 radical (unpaired) electrons. The second kappa shape index (κ2) is 8.39. The fourth-order valence-corrected chi connectivity index (χ4v) is 4.31. The highest BCUT2D eigenvalue weighted by Crippen LogP contribution is 2.34. The minimum Gasteiger partial charge on any atom is -0.330 e. The molecule has 32 heavy (non-hydrogen) atoms. The van der Waals surface area contributed by atoms with Crippen LogP contribution in [-0.2, 0) is 6.54 Å². The van der Waals surface area contributed by atoms with Crippen molar-refractivity contribution < 1.29 is 9.32 Å². The molecule has 0 amide bonds. The first-order valence-electron chi connectivity index (χ1n) is 9.52. The topological polar surface area (TPSA) is 73.8 Å². The zero-order valence-electron chi connectivity index (χ0n) is 16.3. The summed E-state index contributed by atoms with van der Waals surface area (Å²) < 4.78 is 7.08. The van der Waals surface area contributed by atoms with Crippen LogP contribution in [0.25, 0.3) is 22.3 Å². The largest absolute Gasteiger partial charge is 0.330 e. The van der Waals surface area contributed by atoms with E-state index in [1.807, 2.05) is 34.9 Å². The SMILES string of the molecule is O=C(c1nc(-c2ccncc2)no1)c1c(Cl)n(Cc2ccc(Cl)cc2Cl)c2ccccc12. The molecular weight excluding hydrogens is 471 g/mol. The van der Waals surface area contributed by atoms with Crippen molar-refractivity contribution in [1.82, 2.24) is 19.7 Å². The van der Waals surface area contributed by atoms with Crippen LogP contribution in [0.5, 0.6) is 0 Å². The van der Waals surface area contributed by atoms with Crippen LogP contribution in [-0.4, -0.2) is 25.5 Å². The number of fused-ring (bicyclic) bond motifs is 1. The lowest BCUT2D eigenvalue weighted by molar-refractivity contribution is 0.0995. The minimum absolute atomic E-state index is 0.147. The maximum Gasteiger partial charge on any atom is 0.299 e. The molecule has 0 unspecified atom stereocenters. The van der Waals surface area contributed by atoms with Crippen LogP contribution >= 0.6 is 34.8 Å². The Balaban J connectivity index is 1.58. The van der Waals surface area contributed by atoms with Gasteiger partial charge < -0.3 is 9.09 Å². The molecule has 0 fully saturated rings. The van der Waals surface area contributed by atoms with Crippen LogP contribution in [0.2, 0.25) is 15.2 Å². The molecule has 0 aliphatic heterocycles. The van der Waals surface area contributed by atoms with Gasteiger partial charge in [0, 0.05) is 33.4 Å². The molecule has 0 aliphatic rings. The number of carbonyl (C=O) groups excluding carboxylic acids is 1. The number of pyridine rings is 1. The molecule has 0 atom stereocenters. The van der Waals surface area contributed by atoms with Gasteiger partial charge in [0.1, 0.15) is 5.15 Å². The van der Waals surface area contributed by atoms with E-state index >= 15 is 0 Å². The lowest BCUT2D eigenvalue weighted by atomic mass is 10.1. The van der Waals surface area contributed by atoms with Crippen LogP contribution in [0.3, 0.4) is 0 Å². The molecule has 3 aromatic heterocycles. The predicted molar refractivity (Wildman–Crippen MR) is 123 cm³/mol. The van der Waals surface area contributed by atoms with Gasteiger partial charge >= 0.3 is 0 Å². The number of nitrogens with zero attached hydrogens (tertiary/aromatic N) is 4. The van der Waals surface area contributed by atoms with E-state index in [0.717, 1.165) is 11.1 Å². The number of hydrogen-bond donors (Lipinski definition) is 0. The monoisotopic (exact) mass is 482 g/mol. The van der Waals surface area contributed by atoms with E-state index in [4.69, 9.17) is 39.3 Å². The summed E-state index contributed by atoms with van der Waals surface area (Å²) in [6, 6.07) is 16.1. The van der Waals surface area contributed by atoms with Crippen molar-refractivity contribution in [3.63, 3.8) is 0 Å². The summed E-state index contributed by atoms with van der Waals surface area (Å²) in [5.74, 6) is -0.311. The normalized spacial score (nSPS) is 11.2. The molecule has 9 heteroatoms. The zero-order valence-corrected chi connectivity index (χ0v) is 18.6. The van der Waals surface area contributed by atoms with Gasteiger partial charge in [-0.1, -0.05) is 64.2 Å². The number of ketones is 1. The third-order valence-electron chi connectivity index (χ3n) is 5.04. The summed E-state index contributed by atoms with van der Waals surface area (Å²) in [6.45, 7) is 0.356. The molecule has 158 valence electrons. The molecule has 0 bridgehead atoms. The summed E-state index contributed by atoms with van der Waals surface area (Å²) in [5.41, 5.74) is 2.57. The minimum atomic E-state index is -0.458. The van der Waals surface area contributed by atoms with E-state index in [2.05, 4.69) is 15.1 Å². The first-order valence-corrected chi connectivity index (χ1v) is 10.7. The van der Waals surface area contributed by atoms with Gasteiger partial charge in [-0.2, -0.15) is 4.98 Å². The summed E-state index contributed by atoms with van der Waals surface area (Å²) in [5, 5.41) is 5.91. The van der Waals surface area contributed by atoms with Crippen molar-refractivity contribution in [3.05, 3.63) is 99.2 Å². The summed E-state index contributed by atoms with van der Waals surface area (Å²) in [4.78, 5) is 21.6. The third kappa shape index (κ3) is 3.66. The fraction of sp³-hybridized carbons (Fsp3) is 0.0435. The average Bonchev–Trinajstić information content (AvgIpc) is 3.40. The molecule has 0 spiro atoms. The molecule has 2 aromatic carbocycles. The predicted octanol–water partition coefficient (Wildman–Crippen LogP) is 6.33. The number of carbonyl (C=O) groups is 1. The number of rotatable bonds is 5. The number of aromatic nitrogens is 4. The molecule has 3 heterocycles. The Bertz CT molecular complexity index is 1460. The van der Waals surface area contributed by atoms with Gasteiger partial charge in [0.15, 0.2) is 0 Å². The van der Waals surface area contributed by atoms with E-state index in [0.29, 0.717) is 33.4 Å². The molecule has 0 N–H and O–H groups in total. The molecule has 6 nitrogen and oxygen atoms in total. The Kier molecular flexibility index (Phi) is 5.43. The summed E-state index contributed by atoms with van der Waals surface area (Å²) in [6.07, 6.45) is 3.22. The second-order valence-corrected chi connectivity index (χ2v) is 8.19. The molecule has 0 aliphatic carbocycles. The lowest BCUT2D eigenvalue weighted by Crippen LogP contribution is -2.04. The number of hydrogen-bond acceptors (Lipinski definition) is 5. The van der Waals surface area contributed by atoms with E-state index in [9.17, 15) is 4.79 Å². The van der Waals surface area contributed by atoms with Crippen molar-refractivity contribution in [2.45, 2.75) is 6.54 Å². The van der Waals surface area contributed by atoms with Gasteiger partial charge in [-0.05, 0) is 35.9 Å². The highest BCUT2D eigenvalue weighted by molar-refractivity contribution is 6.37. The van der Waals surface area contributed by atoms with E-state index in [-0.39, 0.29) is 16.6 Å². The van der Waals surface area contributed by atoms with Crippen LogP contribution in [0.15, 0.2) is 71.5 Å². The zero-order chi connectivity index (χ0) is 22.2.